The van der Waals surface area contributed by atoms with E-state index < -0.39 is 0 Å². The summed E-state index contributed by atoms with van der Waals surface area (Å²) in [7, 11) is 0. The van der Waals surface area contributed by atoms with Crippen LogP contribution in [0, 0.1) is 0 Å². The van der Waals surface area contributed by atoms with Crippen LogP contribution in [0.15, 0.2) is 66.7 Å². The van der Waals surface area contributed by atoms with Crippen LogP contribution in [-0.4, -0.2) is 19.1 Å². The minimum absolute atomic E-state index is 0.0320. The fraction of sp³-hybridized carbons (Fsp3) is 0.190. The minimum Gasteiger partial charge on any atom is -0.494 e. The summed E-state index contributed by atoms with van der Waals surface area (Å²) in [6.45, 7) is 1.25. The van der Waals surface area contributed by atoms with E-state index in [1.807, 2.05) is 54.6 Å². The molecule has 0 aliphatic carbocycles. The Morgan fingerprint density at radius 1 is 0.920 bits per heavy atom. The van der Waals surface area contributed by atoms with Crippen LogP contribution in [0.1, 0.15) is 23.2 Å². The molecule has 3 aromatic rings. The Bertz CT molecular complexity index is 841. The van der Waals surface area contributed by atoms with Crippen LogP contribution in [0.25, 0.3) is 10.8 Å². The molecule has 0 atom stereocenters. The van der Waals surface area contributed by atoms with Gasteiger partial charge in [0.2, 0.25) is 0 Å². The highest BCUT2D eigenvalue weighted by Gasteiger charge is 2.08. The van der Waals surface area contributed by atoms with Crippen molar-refractivity contribution in [3.8, 4) is 5.75 Å². The lowest BCUT2D eigenvalue weighted by molar-refractivity contribution is 0.0954. The number of hydrogen-bond acceptors (Lipinski definition) is 2. The molecule has 0 spiro atoms. The summed E-state index contributed by atoms with van der Waals surface area (Å²) in [5.41, 5.74) is 0.718. The van der Waals surface area contributed by atoms with E-state index in [9.17, 15) is 4.79 Å². The lowest BCUT2D eigenvalue weighted by Gasteiger charge is -2.09. The van der Waals surface area contributed by atoms with Gasteiger partial charge in [-0.25, -0.2) is 0 Å². The molecule has 3 nitrogen and oxygen atoms in total. The lowest BCUT2D eigenvalue weighted by Crippen LogP contribution is -2.24. The summed E-state index contributed by atoms with van der Waals surface area (Å²) < 4.78 is 5.64. The average molecular weight is 354 g/mol. The second kappa shape index (κ2) is 8.54. The van der Waals surface area contributed by atoms with Gasteiger partial charge in [-0.05, 0) is 53.9 Å². The third-order valence-corrected chi connectivity index (χ3v) is 4.23. The third kappa shape index (κ3) is 4.74. The summed E-state index contributed by atoms with van der Waals surface area (Å²) in [5.74, 6) is 0.777. The molecule has 4 heteroatoms. The first-order chi connectivity index (χ1) is 12.2. The van der Waals surface area contributed by atoms with Gasteiger partial charge in [-0.2, -0.15) is 0 Å². The number of fused-ring (bicyclic) bond motifs is 1. The van der Waals surface area contributed by atoms with Gasteiger partial charge < -0.3 is 10.1 Å². The van der Waals surface area contributed by atoms with Crippen LogP contribution in [0.5, 0.6) is 5.75 Å². The van der Waals surface area contributed by atoms with Crippen molar-refractivity contribution in [2.24, 2.45) is 0 Å². The summed E-state index contributed by atoms with van der Waals surface area (Å²) in [4.78, 5) is 12.4. The highest BCUT2D eigenvalue weighted by molar-refractivity contribution is 6.30. The second-order valence-corrected chi connectivity index (χ2v) is 6.23. The SMILES string of the molecule is O=C(NCCCCOc1ccc(Cl)cc1)c1cccc2ccccc12. The number of carbonyl (C=O) groups is 1. The molecule has 0 unspecified atom stereocenters. The van der Waals surface area contributed by atoms with Gasteiger partial charge in [-0.15, -0.1) is 0 Å². The highest BCUT2D eigenvalue weighted by atomic mass is 35.5. The molecular formula is C21H20ClNO2. The molecule has 3 aromatic carbocycles. The third-order valence-electron chi connectivity index (χ3n) is 3.97. The van der Waals surface area contributed by atoms with Gasteiger partial charge in [-0.3, -0.25) is 4.79 Å². The maximum absolute atomic E-state index is 12.4. The van der Waals surface area contributed by atoms with Gasteiger partial charge in [0.15, 0.2) is 0 Å². The molecule has 1 amide bonds. The van der Waals surface area contributed by atoms with Crippen LogP contribution in [-0.2, 0) is 0 Å². The number of hydrogen-bond donors (Lipinski definition) is 1. The zero-order valence-electron chi connectivity index (χ0n) is 13.9. The molecule has 3 rings (SSSR count). The first-order valence-corrected chi connectivity index (χ1v) is 8.76. The largest absolute Gasteiger partial charge is 0.494 e. The fourth-order valence-electron chi connectivity index (χ4n) is 2.67. The Labute approximate surface area is 152 Å². The van der Waals surface area contributed by atoms with Crippen molar-refractivity contribution in [1.29, 1.82) is 0 Å². The van der Waals surface area contributed by atoms with E-state index in [0.717, 1.165) is 34.9 Å². The van der Waals surface area contributed by atoms with Crippen LogP contribution in [0.2, 0.25) is 5.02 Å². The van der Waals surface area contributed by atoms with Gasteiger partial charge in [-0.1, -0.05) is 48.0 Å². The van der Waals surface area contributed by atoms with Crippen molar-refractivity contribution in [3.63, 3.8) is 0 Å². The van der Waals surface area contributed by atoms with Crippen molar-refractivity contribution in [2.45, 2.75) is 12.8 Å². The lowest BCUT2D eigenvalue weighted by atomic mass is 10.0. The summed E-state index contributed by atoms with van der Waals surface area (Å²) in [6, 6.07) is 21.0. The van der Waals surface area contributed by atoms with Gasteiger partial charge in [0.25, 0.3) is 5.91 Å². The molecule has 25 heavy (non-hydrogen) atoms. The van der Waals surface area contributed by atoms with Crippen molar-refractivity contribution < 1.29 is 9.53 Å². The van der Waals surface area contributed by atoms with E-state index in [1.165, 1.54) is 0 Å². The zero-order valence-corrected chi connectivity index (χ0v) is 14.6. The van der Waals surface area contributed by atoms with E-state index in [2.05, 4.69) is 5.32 Å². The number of ether oxygens (including phenoxy) is 1. The number of nitrogens with one attached hydrogen (secondary N) is 1. The van der Waals surface area contributed by atoms with Crippen molar-refractivity contribution >= 4 is 28.3 Å². The normalized spacial score (nSPS) is 10.6. The molecule has 0 radical (unpaired) electrons. The second-order valence-electron chi connectivity index (χ2n) is 5.79. The first-order valence-electron chi connectivity index (χ1n) is 8.38. The summed E-state index contributed by atoms with van der Waals surface area (Å²) in [5, 5.41) is 5.74. The summed E-state index contributed by atoms with van der Waals surface area (Å²) >= 11 is 5.84. The molecule has 0 bridgehead atoms. The van der Waals surface area contributed by atoms with Crippen LogP contribution < -0.4 is 10.1 Å². The topological polar surface area (TPSA) is 38.3 Å². The molecule has 0 fully saturated rings. The molecule has 0 aliphatic rings. The Hall–Kier alpha value is -2.52. The first kappa shape index (κ1) is 17.3. The van der Waals surface area contributed by atoms with Crippen LogP contribution in [0.3, 0.4) is 0 Å². The molecular weight excluding hydrogens is 334 g/mol. The number of rotatable bonds is 7. The summed E-state index contributed by atoms with van der Waals surface area (Å²) in [6.07, 6.45) is 1.74. The Kier molecular flexibility index (Phi) is 5.91. The van der Waals surface area contributed by atoms with E-state index in [0.29, 0.717) is 18.2 Å². The quantitative estimate of drug-likeness (QED) is 0.601. The molecule has 128 valence electrons. The number of carbonyl (C=O) groups excluding carboxylic acids is 1. The molecule has 0 saturated heterocycles. The van der Waals surface area contributed by atoms with Crippen LogP contribution in [0.4, 0.5) is 0 Å². The average Bonchev–Trinajstić information content (AvgIpc) is 2.65. The van der Waals surface area contributed by atoms with Gasteiger partial charge >= 0.3 is 0 Å². The van der Waals surface area contributed by atoms with Gasteiger partial charge in [0.05, 0.1) is 6.61 Å². The molecule has 0 saturated carbocycles. The van der Waals surface area contributed by atoms with Crippen molar-refractivity contribution in [3.05, 3.63) is 77.3 Å². The van der Waals surface area contributed by atoms with E-state index in [1.54, 1.807) is 12.1 Å². The van der Waals surface area contributed by atoms with Crippen molar-refractivity contribution in [2.75, 3.05) is 13.2 Å². The van der Waals surface area contributed by atoms with E-state index >= 15 is 0 Å². The standard InChI is InChI=1S/C21H20ClNO2/c22-17-10-12-18(13-11-17)25-15-4-3-14-23-21(24)20-9-5-7-16-6-1-2-8-19(16)20/h1-2,5-13H,3-4,14-15H2,(H,23,24). The number of unbranched alkanes of at least 4 members (excludes halogenated alkanes) is 1. The molecule has 0 heterocycles. The number of benzene rings is 3. The maximum atomic E-state index is 12.4. The van der Waals surface area contributed by atoms with E-state index in [-0.39, 0.29) is 5.91 Å². The highest BCUT2D eigenvalue weighted by Crippen LogP contribution is 2.18. The molecule has 0 aliphatic heterocycles. The molecule has 1 N–H and O–H groups in total. The Morgan fingerprint density at radius 3 is 2.52 bits per heavy atom. The smallest absolute Gasteiger partial charge is 0.251 e. The molecule has 0 aromatic heterocycles. The number of amides is 1. The van der Waals surface area contributed by atoms with E-state index in [4.69, 9.17) is 16.3 Å². The zero-order chi connectivity index (χ0) is 17.5. The monoisotopic (exact) mass is 353 g/mol. The van der Waals surface area contributed by atoms with Crippen molar-refractivity contribution in [1.82, 2.24) is 5.32 Å². The Morgan fingerprint density at radius 2 is 1.68 bits per heavy atom. The van der Waals surface area contributed by atoms with Gasteiger partial charge in [0, 0.05) is 17.1 Å². The predicted octanol–water partition coefficient (Wildman–Crippen LogP) is 5.08. The Balaban J connectivity index is 1.42. The minimum atomic E-state index is -0.0320. The maximum Gasteiger partial charge on any atom is 0.251 e. The van der Waals surface area contributed by atoms with Crippen LogP contribution >= 0.6 is 11.6 Å². The predicted molar refractivity (Wildman–Crippen MR) is 102 cm³/mol. The fourth-order valence-corrected chi connectivity index (χ4v) is 2.79. The number of halogens is 1. The van der Waals surface area contributed by atoms with Gasteiger partial charge in [0.1, 0.15) is 5.75 Å².